The van der Waals surface area contributed by atoms with Crippen molar-refractivity contribution >= 4 is 17.8 Å². The number of piperazine rings is 1. The molecule has 3 rings (SSSR count). The van der Waals surface area contributed by atoms with Gasteiger partial charge in [-0.15, -0.1) is 0 Å². The van der Waals surface area contributed by atoms with Gasteiger partial charge in [-0.1, -0.05) is 74.5 Å². The summed E-state index contributed by atoms with van der Waals surface area (Å²) in [6.07, 6.45) is 0.163. The standard InChI is InChI=1S/C29H40N4O4/c1-22(2)18-26(31-29(36)37-21-24-12-8-5-9-13-24)28(35)30-25(19-23-10-6-4-7-11-23)27(34)20-33-16-14-32(3)15-17-33/h4-13,22,25-26H,14-21H2,1-3H3,(H,30,35)(H,31,36)/t25-,26-/m0/s1. The van der Waals surface area contributed by atoms with E-state index in [4.69, 9.17) is 4.74 Å². The van der Waals surface area contributed by atoms with Crippen LogP contribution in [-0.2, 0) is 27.4 Å². The zero-order valence-electron chi connectivity index (χ0n) is 22.2. The van der Waals surface area contributed by atoms with Crippen LogP contribution in [0.1, 0.15) is 31.4 Å². The van der Waals surface area contributed by atoms with Crippen LogP contribution in [0.4, 0.5) is 4.79 Å². The predicted molar refractivity (Wildman–Crippen MR) is 144 cm³/mol. The topological polar surface area (TPSA) is 91.0 Å². The van der Waals surface area contributed by atoms with Crippen molar-refractivity contribution < 1.29 is 19.1 Å². The first kappa shape index (κ1) is 28.3. The average molecular weight is 509 g/mol. The molecule has 200 valence electrons. The fraction of sp³-hybridized carbons (Fsp3) is 0.483. The van der Waals surface area contributed by atoms with Gasteiger partial charge < -0.3 is 20.3 Å². The Balaban J connectivity index is 1.65. The molecule has 0 bridgehead atoms. The first-order valence-electron chi connectivity index (χ1n) is 13.0. The maximum Gasteiger partial charge on any atom is 0.408 e. The van der Waals surface area contributed by atoms with Gasteiger partial charge in [-0.25, -0.2) is 4.79 Å². The van der Waals surface area contributed by atoms with Gasteiger partial charge in [0.15, 0.2) is 5.78 Å². The molecule has 8 nitrogen and oxygen atoms in total. The second-order valence-electron chi connectivity index (χ2n) is 10.2. The molecule has 2 aromatic carbocycles. The van der Waals surface area contributed by atoms with E-state index in [1.807, 2.05) is 74.5 Å². The van der Waals surface area contributed by atoms with E-state index in [2.05, 4.69) is 27.5 Å². The number of ketones is 1. The number of nitrogens with one attached hydrogen (secondary N) is 2. The Hall–Kier alpha value is -3.23. The highest BCUT2D eigenvalue weighted by Crippen LogP contribution is 2.10. The van der Waals surface area contributed by atoms with Gasteiger partial charge in [0.2, 0.25) is 5.91 Å². The van der Waals surface area contributed by atoms with E-state index in [-0.39, 0.29) is 30.8 Å². The van der Waals surface area contributed by atoms with E-state index in [0.717, 1.165) is 37.3 Å². The average Bonchev–Trinajstić information content (AvgIpc) is 2.89. The van der Waals surface area contributed by atoms with Crippen LogP contribution in [0, 0.1) is 5.92 Å². The van der Waals surface area contributed by atoms with Crippen molar-refractivity contribution in [2.75, 3.05) is 39.8 Å². The van der Waals surface area contributed by atoms with Crippen molar-refractivity contribution in [3.63, 3.8) is 0 Å². The van der Waals surface area contributed by atoms with E-state index < -0.39 is 18.2 Å². The lowest BCUT2D eigenvalue weighted by molar-refractivity contribution is -0.129. The maximum atomic E-state index is 13.4. The summed E-state index contributed by atoms with van der Waals surface area (Å²) in [5.41, 5.74) is 1.83. The third kappa shape index (κ3) is 9.98. The van der Waals surface area contributed by atoms with Crippen LogP contribution in [-0.4, -0.2) is 79.4 Å². The zero-order valence-corrected chi connectivity index (χ0v) is 22.2. The van der Waals surface area contributed by atoms with Crippen LogP contribution in [0.5, 0.6) is 0 Å². The molecule has 2 aromatic rings. The number of nitrogens with zero attached hydrogens (tertiary/aromatic N) is 2. The van der Waals surface area contributed by atoms with Gasteiger partial charge >= 0.3 is 6.09 Å². The minimum absolute atomic E-state index is 0.0308. The molecular weight excluding hydrogens is 468 g/mol. The summed E-state index contributed by atoms with van der Waals surface area (Å²) in [5, 5.41) is 5.66. The monoisotopic (exact) mass is 508 g/mol. The number of ether oxygens (including phenoxy) is 1. The summed E-state index contributed by atoms with van der Waals surface area (Å²) >= 11 is 0. The molecule has 1 aliphatic rings. The Kier molecular flexibility index (Phi) is 11.1. The van der Waals surface area contributed by atoms with Gasteiger partial charge in [-0.05, 0) is 36.9 Å². The Bertz CT molecular complexity index is 991. The third-order valence-electron chi connectivity index (χ3n) is 6.49. The number of carbonyl (C=O) groups excluding carboxylic acids is 3. The fourth-order valence-electron chi connectivity index (χ4n) is 4.31. The van der Waals surface area contributed by atoms with Crippen molar-refractivity contribution in [1.29, 1.82) is 0 Å². The van der Waals surface area contributed by atoms with Gasteiger partial charge in [-0.2, -0.15) is 0 Å². The van der Waals surface area contributed by atoms with Gasteiger partial charge in [0.05, 0.1) is 12.6 Å². The Morgan fingerprint density at radius 3 is 2.03 bits per heavy atom. The van der Waals surface area contributed by atoms with Crippen molar-refractivity contribution in [2.45, 2.75) is 45.4 Å². The number of hydrogen-bond donors (Lipinski definition) is 2. The minimum atomic E-state index is -0.807. The lowest BCUT2D eigenvalue weighted by Crippen LogP contribution is -2.55. The van der Waals surface area contributed by atoms with Crippen molar-refractivity contribution in [3.05, 3.63) is 71.8 Å². The molecule has 0 saturated carbocycles. The predicted octanol–water partition coefficient (Wildman–Crippen LogP) is 2.87. The Morgan fingerprint density at radius 2 is 1.43 bits per heavy atom. The molecule has 1 aliphatic heterocycles. The number of hydrogen-bond acceptors (Lipinski definition) is 6. The number of carbonyl (C=O) groups is 3. The minimum Gasteiger partial charge on any atom is -0.445 e. The number of Topliss-reactive ketones (excluding diaryl/α,β-unsaturated/α-hetero) is 1. The van der Waals surface area contributed by atoms with Crippen molar-refractivity contribution in [1.82, 2.24) is 20.4 Å². The van der Waals surface area contributed by atoms with Crippen LogP contribution in [0.15, 0.2) is 60.7 Å². The summed E-state index contributed by atoms with van der Waals surface area (Å²) in [6.45, 7) is 7.82. The lowest BCUT2D eigenvalue weighted by atomic mass is 9.99. The van der Waals surface area contributed by atoms with Crippen LogP contribution >= 0.6 is 0 Å². The third-order valence-corrected chi connectivity index (χ3v) is 6.49. The molecule has 2 N–H and O–H groups in total. The Morgan fingerprint density at radius 1 is 0.838 bits per heavy atom. The lowest BCUT2D eigenvalue weighted by Gasteiger charge is -2.33. The van der Waals surface area contributed by atoms with Crippen LogP contribution in [0.25, 0.3) is 0 Å². The molecule has 0 spiro atoms. The number of rotatable bonds is 12. The summed E-state index contributed by atoms with van der Waals surface area (Å²) in [5.74, 6) is -0.256. The van der Waals surface area contributed by atoms with Gasteiger partial charge in [0, 0.05) is 26.2 Å². The van der Waals surface area contributed by atoms with Gasteiger partial charge in [0.1, 0.15) is 12.6 Å². The van der Waals surface area contributed by atoms with Crippen LogP contribution < -0.4 is 10.6 Å². The van der Waals surface area contributed by atoms with E-state index >= 15 is 0 Å². The molecule has 8 heteroatoms. The molecule has 2 amide bonds. The number of alkyl carbamates (subject to hydrolysis) is 1. The summed E-state index contributed by atoms with van der Waals surface area (Å²) in [4.78, 5) is 43.6. The normalized spacial score (nSPS) is 16.1. The SMILES string of the molecule is CC(C)C[C@H](NC(=O)OCc1ccccc1)C(=O)N[C@@H](Cc1ccccc1)C(=O)CN1CCN(C)CC1. The van der Waals surface area contributed by atoms with Crippen molar-refractivity contribution in [2.24, 2.45) is 5.92 Å². The smallest absolute Gasteiger partial charge is 0.408 e. The molecule has 1 fully saturated rings. The summed E-state index contributed by atoms with van der Waals surface area (Å²) < 4.78 is 5.34. The molecule has 0 unspecified atom stereocenters. The van der Waals surface area contributed by atoms with E-state index in [1.165, 1.54) is 0 Å². The van der Waals surface area contributed by atoms with Crippen LogP contribution in [0.2, 0.25) is 0 Å². The maximum absolute atomic E-state index is 13.4. The number of amides is 2. The molecule has 0 radical (unpaired) electrons. The molecule has 37 heavy (non-hydrogen) atoms. The highest BCUT2D eigenvalue weighted by atomic mass is 16.5. The highest BCUT2D eigenvalue weighted by Gasteiger charge is 2.29. The number of likely N-dealkylation sites (N-methyl/N-ethyl adjacent to an activating group) is 1. The quantitative estimate of drug-likeness (QED) is 0.458. The molecule has 0 aromatic heterocycles. The molecule has 0 aliphatic carbocycles. The van der Waals surface area contributed by atoms with E-state index in [0.29, 0.717) is 12.8 Å². The zero-order chi connectivity index (χ0) is 26.6. The van der Waals surface area contributed by atoms with Crippen LogP contribution in [0.3, 0.4) is 0 Å². The summed E-state index contributed by atoms with van der Waals surface area (Å²) in [6, 6.07) is 17.5. The van der Waals surface area contributed by atoms with E-state index in [1.54, 1.807) is 0 Å². The molecule has 1 saturated heterocycles. The fourth-order valence-corrected chi connectivity index (χ4v) is 4.31. The second-order valence-corrected chi connectivity index (χ2v) is 10.2. The largest absolute Gasteiger partial charge is 0.445 e. The summed E-state index contributed by atoms with van der Waals surface area (Å²) in [7, 11) is 2.07. The Labute approximate surface area is 220 Å². The van der Waals surface area contributed by atoms with Gasteiger partial charge in [-0.3, -0.25) is 14.5 Å². The molecule has 2 atom stereocenters. The van der Waals surface area contributed by atoms with Gasteiger partial charge in [0.25, 0.3) is 0 Å². The first-order valence-corrected chi connectivity index (χ1v) is 13.0. The molecule has 1 heterocycles. The molecular formula is C29H40N4O4. The first-order chi connectivity index (χ1) is 17.8. The van der Waals surface area contributed by atoms with Crippen molar-refractivity contribution in [3.8, 4) is 0 Å². The number of benzene rings is 2. The highest BCUT2D eigenvalue weighted by molar-refractivity contribution is 5.93. The van der Waals surface area contributed by atoms with E-state index in [9.17, 15) is 14.4 Å². The second kappa shape index (κ2) is 14.5.